The number of piperazine rings is 1. The Morgan fingerprint density at radius 2 is 1.43 bits per heavy atom. The summed E-state index contributed by atoms with van der Waals surface area (Å²) in [5.41, 5.74) is 0.788. The second kappa shape index (κ2) is 16.3. The Bertz CT molecular complexity index is 1550. The van der Waals surface area contributed by atoms with E-state index in [-0.39, 0.29) is 56.2 Å². The minimum atomic E-state index is -1.60. The first-order valence-electron chi connectivity index (χ1n) is 16.0. The summed E-state index contributed by atoms with van der Waals surface area (Å²) in [4.78, 5) is 45.8. The predicted octanol–water partition coefficient (Wildman–Crippen LogP) is 5.46. The lowest BCUT2D eigenvalue weighted by Crippen LogP contribution is -2.50. The van der Waals surface area contributed by atoms with E-state index >= 15 is 0 Å². The molecule has 2 aliphatic heterocycles. The van der Waals surface area contributed by atoms with Gasteiger partial charge in [-0.2, -0.15) is 0 Å². The Morgan fingerprint density at radius 3 is 2.02 bits per heavy atom. The molecule has 5 rings (SSSR count). The zero-order valence-electron chi connectivity index (χ0n) is 26.8. The Balaban J connectivity index is 1.50. The van der Waals surface area contributed by atoms with E-state index in [1.807, 2.05) is 6.07 Å². The van der Waals surface area contributed by atoms with Gasteiger partial charge in [0.1, 0.15) is 0 Å². The van der Waals surface area contributed by atoms with Crippen molar-refractivity contribution < 1.29 is 28.1 Å². The van der Waals surface area contributed by atoms with Gasteiger partial charge in [0.25, 0.3) is 0 Å². The number of amides is 1. The SMILES string of the molecule is COC(=O)C1=C(CC(=O)N2CCN(CC3CCCCC3)CC2)NC(C[S@](=O)c2ccccc2)=C(C(=O)OC)[C@H]1c1c(Cl)cccc1Cl. The second-order valence-corrected chi connectivity index (χ2v) is 14.4. The van der Waals surface area contributed by atoms with E-state index in [1.165, 1.54) is 46.3 Å². The summed E-state index contributed by atoms with van der Waals surface area (Å²) in [7, 11) is 0.853. The summed E-state index contributed by atoms with van der Waals surface area (Å²) in [5.74, 6) is -2.27. The van der Waals surface area contributed by atoms with Crippen molar-refractivity contribution in [3.63, 3.8) is 0 Å². The van der Waals surface area contributed by atoms with E-state index in [0.717, 1.165) is 25.6 Å². The molecule has 1 aliphatic carbocycles. The summed E-state index contributed by atoms with van der Waals surface area (Å²) in [6.45, 7) is 3.76. The van der Waals surface area contributed by atoms with E-state index in [4.69, 9.17) is 32.7 Å². The molecule has 3 aliphatic rings. The summed E-state index contributed by atoms with van der Waals surface area (Å²) < 4.78 is 24.0. The molecule has 2 heterocycles. The van der Waals surface area contributed by atoms with Gasteiger partial charge in [-0.1, -0.05) is 66.7 Å². The van der Waals surface area contributed by atoms with Crippen molar-refractivity contribution in [2.24, 2.45) is 5.92 Å². The van der Waals surface area contributed by atoms with Gasteiger partial charge in [0.2, 0.25) is 5.91 Å². The number of nitrogens with one attached hydrogen (secondary N) is 1. The molecule has 252 valence electrons. The molecule has 0 spiro atoms. The molecule has 2 fully saturated rings. The van der Waals surface area contributed by atoms with Gasteiger partial charge >= 0.3 is 11.9 Å². The highest BCUT2D eigenvalue weighted by Crippen LogP contribution is 2.45. The quantitative estimate of drug-likeness (QED) is 0.326. The molecule has 1 N–H and O–H groups in total. The highest BCUT2D eigenvalue weighted by atomic mass is 35.5. The largest absolute Gasteiger partial charge is 0.466 e. The normalized spacial score (nSPS) is 20.1. The molecule has 0 bridgehead atoms. The zero-order valence-corrected chi connectivity index (χ0v) is 29.1. The maximum absolute atomic E-state index is 13.9. The van der Waals surface area contributed by atoms with Crippen LogP contribution in [0.15, 0.2) is 76.0 Å². The maximum Gasteiger partial charge on any atom is 0.336 e. The van der Waals surface area contributed by atoms with Crippen LogP contribution in [0.5, 0.6) is 0 Å². The number of nitrogens with zero attached hydrogens (tertiary/aromatic N) is 2. The number of esters is 2. The third-order valence-electron chi connectivity index (χ3n) is 9.20. The van der Waals surface area contributed by atoms with Gasteiger partial charge in [-0.25, -0.2) is 9.59 Å². The third kappa shape index (κ3) is 8.28. The van der Waals surface area contributed by atoms with Crippen molar-refractivity contribution in [3.8, 4) is 0 Å². The third-order valence-corrected chi connectivity index (χ3v) is 11.2. The number of dihydropyridines is 1. The number of benzene rings is 2. The van der Waals surface area contributed by atoms with E-state index < -0.39 is 28.7 Å². The van der Waals surface area contributed by atoms with Gasteiger partial charge in [-0.05, 0) is 43.0 Å². The van der Waals surface area contributed by atoms with Gasteiger partial charge in [0, 0.05) is 64.6 Å². The van der Waals surface area contributed by atoms with Gasteiger partial charge in [-0.3, -0.25) is 13.9 Å². The average molecular weight is 703 g/mol. The van der Waals surface area contributed by atoms with Crippen molar-refractivity contribution in [2.75, 3.05) is 52.7 Å². The topological polar surface area (TPSA) is 105 Å². The number of hydrogen-bond acceptors (Lipinski definition) is 8. The lowest BCUT2D eigenvalue weighted by Gasteiger charge is -2.38. The van der Waals surface area contributed by atoms with E-state index in [0.29, 0.717) is 18.0 Å². The molecule has 0 aromatic heterocycles. The lowest BCUT2D eigenvalue weighted by molar-refractivity contribution is -0.137. The van der Waals surface area contributed by atoms with Crippen LogP contribution >= 0.6 is 23.2 Å². The second-order valence-electron chi connectivity index (χ2n) is 12.1. The molecular formula is C35H41Cl2N3O6S. The minimum Gasteiger partial charge on any atom is -0.466 e. The van der Waals surface area contributed by atoms with Crippen LogP contribution in [0.4, 0.5) is 0 Å². The van der Waals surface area contributed by atoms with Gasteiger partial charge in [-0.15, -0.1) is 0 Å². The van der Waals surface area contributed by atoms with Crippen molar-refractivity contribution in [3.05, 3.63) is 86.7 Å². The van der Waals surface area contributed by atoms with Crippen LogP contribution in [0.2, 0.25) is 10.0 Å². The molecule has 2 atom stereocenters. The van der Waals surface area contributed by atoms with Crippen molar-refractivity contribution >= 4 is 51.8 Å². The van der Waals surface area contributed by atoms with E-state index in [9.17, 15) is 18.6 Å². The Hall–Kier alpha value is -3.18. The lowest BCUT2D eigenvalue weighted by atomic mass is 9.79. The Labute approximate surface area is 288 Å². The van der Waals surface area contributed by atoms with Crippen LogP contribution in [0.3, 0.4) is 0 Å². The number of methoxy groups -OCH3 is 2. The number of carbonyl (C=O) groups is 3. The van der Waals surface area contributed by atoms with Gasteiger partial charge in [0.15, 0.2) is 0 Å². The summed E-state index contributed by atoms with van der Waals surface area (Å²) >= 11 is 13.4. The smallest absolute Gasteiger partial charge is 0.336 e. The number of carbonyl (C=O) groups excluding carboxylic acids is 3. The number of hydrogen-bond donors (Lipinski definition) is 1. The fraction of sp³-hybridized carbons (Fsp3) is 0.457. The number of ether oxygens (including phenoxy) is 2. The van der Waals surface area contributed by atoms with Crippen LogP contribution in [0.25, 0.3) is 0 Å². The van der Waals surface area contributed by atoms with E-state index in [2.05, 4.69) is 10.2 Å². The van der Waals surface area contributed by atoms with Crippen molar-refractivity contribution in [1.82, 2.24) is 15.1 Å². The van der Waals surface area contributed by atoms with E-state index in [1.54, 1.807) is 47.4 Å². The molecule has 0 radical (unpaired) electrons. The highest BCUT2D eigenvalue weighted by molar-refractivity contribution is 7.85. The van der Waals surface area contributed by atoms with Gasteiger partial charge in [0.05, 0.1) is 54.3 Å². The average Bonchev–Trinajstić information content (AvgIpc) is 3.08. The Kier molecular flexibility index (Phi) is 12.2. The molecule has 2 aromatic carbocycles. The maximum atomic E-state index is 13.9. The van der Waals surface area contributed by atoms with Crippen LogP contribution < -0.4 is 5.32 Å². The monoisotopic (exact) mass is 701 g/mol. The minimum absolute atomic E-state index is 0.0136. The molecule has 9 nitrogen and oxygen atoms in total. The Morgan fingerprint density at radius 1 is 0.830 bits per heavy atom. The van der Waals surface area contributed by atoms with Crippen LogP contribution in [-0.4, -0.2) is 84.6 Å². The number of rotatable bonds is 10. The standard InChI is InChI=1S/C35H41Cl2N3O6S/c1-45-34(42)31-27(20-29(41)40-18-16-39(17-19-40)21-23-10-5-3-6-11-23)38-28(22-47(44)24-12-7-4-8-13-24)32(35(43)46-2)33(31)30-25(36)14-9-15-26(30)37/h4,7-9,12-15,23,33,38H,3,5-6,10-11,16-22H2,1-2H3/t33-,47-/m0/s1. The molecule has 12 heteroatoms. The van der Waals surface area contributed by atoms with Crippen molar-refractivity contribution in [1.29, 1.82) is 0 Å². The first-order valence-corrected chi connectivity index (χ1v) is 18.1. The molecule has 2 aromatic rings. The van der Waals surface area contributed by atoms with Crippen LogP contribution in [0, 0.1) is 5.92 Å². The molecular weight excluding hydrogens is 661 g/mol. The highest BCUT2D eigenvalue weighted by Gasteiger charge is 2.42. The summed E-state index contributed by atoms with van der Waals surface area (Å²) in [6, 6.07) is 13.7. The first-order chi connectivity index (χ1) is 22.7. The molecule has 1 saturated carbocycles. The zero-order chi connectivity index (χ0) is 33.5. The fourth-order valence-corrected chi connectivity index (χ4v) is 8.54. The fourth-order valence-electron chi connectivity index (χ4n) is 6.80. The molecule has 1 amide bonds. The first kappa shape index (κ1) is 35.1. The predicted molar refractivity (Wildman–Crippen MR) is 182 cm³/mol. The van der Waals surface area contributed by atoms with Gasteiger partial charge < -0.3 is 19.7 Å². The van der Waals surface area contributed by atoms with Crippen LogP contribution in [0.1, 0.15) is 50.0 Å². The molecule has 1 saturated heterocycles. The summed E-state index contributed by atoms with van der Waals surface area (Å²) in [5, 5.41) is 3.59. The molecule has 47 heavy (non-hydrogen) atoms. The number of halogens is 2. The van der Waals surface area contributed by atoms with Crippen molar-refractivity contribution in [2.45, 2.75) is 49.3 Å². The van der Waals surface area contributed by atoms with Crippen LogP contribution in [-0.2, 0) is 34.7 Å². The summed E-state index contributed by atoms with van der Waals surface area (Å²) in [6.07, 6.45) is 6.26. The molecule has 0 unspecified atom stereocenters.